The second-order valence-corrected chi connectivity index (χ2v) is 9.23. The lowest BCUT2D eigenvalue weighted by atomic mass is 10.2. The molecule has 1 heterocycles. The summed E-state index contributed by atoms with van der Waals surface area (Å²) >= 11 is 10.4. The molecule has 0 N–H and O–H groups in total. The maximum atomic E-state index is 12.6. The second-order valence-electron chi connectivity index (χ2n) is 4.33. The lowest BCUT2D eigenvalue weighted by molar-refractivity contribution is 0.336. The van der Waals surface area contributed by atoms with Gasteiger partial charge in [0.15, 0.2) is 0 Å². The van der Waals surface area contributed by atoms with Gasteiger partial charge in [-0.25, -0.2) is 8.42 Å². The van der Waals surface area contributed by atoms with Gasteiger partial charge in [-0.1, -0.05) is 31.4 Å². The average molecular weight is 373 g/mol. The van der Waals surface area contributed by atoms with Gasteiger partial charge >= 0.3 is 0 Å². The average Bonchev–Trinajstić information content (AvgIpc) is 2.91. The molecule has 0 bridgehead atoms. The van der Waals surface area contributed by atoms with E-state index in [4.69, 9.17) is 11.6 Å². The summed E-state index contributed by atoms with van der Waals surface area (Å²) in [5.41, 5.74) is 0. The number of rotatable bonds is 4. The van der Waals surface area contributed by atoms with Crippen LogP contribution in [-0.2, 0) is 10.0 Å². The third-order valence-corrected chi connectivity index (χ3v) is 8.18. The molecule has 7 heteroatoms. The Morgan fingerprint density at radius 1 is 1.50 bits per heavy atom. The minimum atomic E-state index is -3.40. The van der Waals surface area contributed by atoms with E-state index >= 15 is 0 Å². The molecule has 1 aliphatic carbocycles. The van der Waals surface area contributed by atoms with Gasteiger partial charge in [0.25, 0.3) is 10.0 Å². The van der Waals surface area contributed by atoms with Gasteiger partial charge in [-0.2, -0.15) is 4.31 Å². The molecule has 1 aromatic rings. The minimum Gasteiger partial charge on any atom is -0.206 e. The number of sulfonamides is 1. The zero-order valence-corrected chi connectivity index (χ0v) is 14.0. The predicted molar refractivity (Wildman–Crippen MR) is 78.9 cm³/mol. The smallest absolute Gasteiger partial charge is 0.206 e. The Bertz CT molecular complexity index is 504. The van der Waals surface area contributed by atoms with E-state index in [1.807, 2.05) is 6.92 Å². The van der Waals surface area contributed by atoms with Crippen LogP contribution in [0.3, 0.4) is 0 Å². The molecular formula is C11H15BrClNO2S2. The fraction of sp³-hybridized carbons (Fsp3) is 0.636. The van der Waals surface area contributed by atoms with Crippen LogP contribution in [0.25, 0.3) is 0 Å². The number of nitrogens with zero attached hydrogens (tertiary/aromatic N) is 1. The molecule has 0 saturated heterocycles. The van der Waals surface area contributed by atoms with E-state index in [0.717, 1.165) is 25.7 Å². The van der Waals surface area contributed by atoms with Gasteiger partial charge in [0.1, 0.15) is 4.21 Å². The van der Waals surface area contributed by atoms with Gasteiger partial charge in [-0.3, -0.25) is 0 Å². The zero-order chi connectivity index (χ0) is 13.3. The lowest BCUT2D eigenvalue weighted by Crippen LogP contribution is -2.38. The fourth-order valence-corrected chi connectivity index (χ4v) is 6.61. The molecule has 0 atom stereocenters. The monoisotopic (exact) mass is 371 g/mol. The van der Waals surface area contributed by atoms with Crippen molar-refractivity contribution in [3.8, 4) is 0 Å². The number of hydrogen-bond donors (Lipinski definition) is 0. The normalized spacial score (nSPS) is 17.8. The van der Waals surface area contributed by atoms with Crippen LogP contribution >= 0.6 is 38.9 Å². The topological polar surface area (TPSA) is 37.4 Å². The Balaban J connectivity index is 2.33. The highest BCUT2D eigenvalue weighted by atomic mass is 79.9. The molecule has 0 aromatic carbocycles. The molecule has 102 valence electrons. The molecule has 0 aliphatic heterocycles. The highest BCUT2D eigenvalue weighted by Crippen LogP contribution is 2.37. The number of thiophene rings is 1. The molecule has 3 nitrogen and oxygen atoms in total. The van der Waals surface area contributed by atoms with Crippen LogP contribution in [0.5, 0.6) is 0 Å². The van der Waals surface area contributed by atoms with E-state index in [-0.39, 0.29) is 6.04 Å². The third-order valence-electron chi connectivity index (χ3n) is 3.23. The van der Waals surface area contributed by atoms with Gasteiger partial charge in [0.2, 0.25) is 0 Å². The van der Waals surface area contributed by atoms with E-state index in [1.54, 1.807) is 4.31 Å². The van der Waals surface area contributed by atoms with Crippen molar-refractivity contribution in [3.63, 3.8) is 0 Å². The van der Waals surface area contributed by atoms with Gasteiger partial charge in [0.05, 0.1) is 8.81 Å². The van der Waals surface area contributed by atoms with Crippen LogP contribution < -0.4 is 0 Å². The van der Waals surface area contributed by atoms with Crippen LogP contribution in [0, 0.1) is 0 Å². The van der Waals surface area contributed by atoms with Crippen molar-refractivity contribution in [1.82, 2.24) is 4.31 Å². The molecule has 2 rings (SSSR count). The first-order chi connectivity index (χ1) is 8.46. The molecule has 0 amide bonds. The SMILES string of the molecule is CCN(C1CCCC1)S(=O)(=O)c1cc(Cl)c(Br)s1. The highest BCUT2D eigenvalue weighted by molar-refractivity contribution is 9.11. The summed E-state index contributed by atoms with van der Waals surface area (Å²) < 4.78 is 27.8. The number of halogens is 2. The first kappa shape index (κ1) is 14.8. The number of hydrogen-bond acceptors (Lipinski definition) is 3. The minimum absolute atomic E-state index is 0.152. The molecule has 0 unspecified atom stereocenters. The fourth-order valence-electron chi connectivity index (χ4n) is 2.39. The molecule has 1 aliphatic rings. The van der Waals surface area contributed by atoms with E-state index in [9.17, 15) is 8.42 Å². The van der Waals surface area contributed by atoms with Crippen LogP contribution in [0.2, 0.25) is 5.02 Å². The molecule has 1 saturated carbocycles. The summed E-state index contributed by atoms with van der Waals surface area (Å²) in [5.74, 6) is 0. The van der Waals surface area contributed by atoms with Gasteiger partial charge in [-0.15, -0.1) is 11.3 Å². The first-order valence-corrected chi connectivity index (χ1v) is 9.36. The van der Waals surface area contributed by atoms with Crippen molar-refractivity contribution < 1.29 is 8.42 Å². The summed E-state index contributed by atoms with van der Waals surface area (Å²) in [6.07, 6.45) is 4.16. The van der Waals surface area contributed by atoms with Crippen LogP contribution in [0.15, 0.2) is 14.1 Å². The second kappa shape index (κ2) is 5.79. The quantitative estimate of drug-likeness (QED) is 0.797. The van der Waals surface area contributed by atoms with Gasteiger partial charge in [-0.05, 0) is 34.8 Å². The standard InChI is InChI=1S/C11H15BrClNO2S2/c1-2-14(8-5-3-4-6-8)18(15,16)10-7-9(13)11(12)17-10/h7-8H,2-6H2,1H3. The Labute approximate surface area is 125 Å². The van der Waals surface area contributed by atoms with Gasteiger partial charge in [0, 0.05) is 12.6 Å². The Hall–Kier alpha value is 0.380. The molecule has 0 radical (unpaired) electrons. The van der Waals surface area contributed by atoms with Crippen molar-refractivity contribution >= 4 is 48.9 Å². The Morgan fingerprint density at radius 3 is 2.56 bits per heavy atom. The van der Waals surface area contributed by atoms with Crippen molar-refractivity contribution in [3.05, 3.63) is 14.9 Å². The van der Waals surface area contributed by atoms with E-state index in [0.29, 0.717) is 19.6 Å². The summed E-state index contributed by atoms with van der Waals surface area (Å²) in [6, 6.07) is 1.68. The molecule has 1 aromatic heterocycles. The highest BCUT2D eigenvalue weighted by Gasteiger charge is 2.33. The third kappa shape index (κ3) is 2.77. The Kier molecular flexibility index (Phi) is 4.75. The maximum Gasteiger partial charge on any atom is 0.252 e. The molecule has 0 spiro atoms. The molecule has 1 fully saturated rings. The van der Waals surface area contributed by atoms with Crippen LogP contribution in [0.1, 0.15) is 32.6 Å². The lowest BCUT2D eigenvalue weighted by Gasteiger charge is -2.25. The maximum absolute atomic E-state index is 12.6. The molecule has 18 heavy (non-hydrogen) atoms. The van der Waals surface area contributed by atoms with Crippen molar-refractivity contribution in [2.45, 2.75) is 42.9 Å². The van der Waals surface area contributed by atoms with Crippen LogP contribution in [0.4, 0.5) is 0 Å². The first-order valence-electron chi connectivity index (χ1n) is 5.93. The summed E-state index contributed by atoms with van der Waals surface area (Å²) in [5, 5.41) is 0.459. The molecular weight excluding hydrogens is 358 g/mol. The van der Waals surface area contributed by atoms with E-state index in [2.05, 4.69) is 15.9 Å². The predicted octanol–water partition coefficient (Wildman–Crippen LogP) is 4.12. The zero-order valence-electron chi connectivity index (χ0n) is 10.0. The van der Waals surface area contributed by atoms with Crippen LogP contribution in [-0.4, -0.2) is 25.3 Å². The van der Waals surface area contributed by atoms with Crippen molar-refractivity contribution in [2.24, 2.45) is 0 Å². The summed E-state index contributed by atoms with van der Waals surface area (Å²) in [6.45, 7) is 2.40. The van der Waals surface area contributed by atoms with E-state index < -0.39 is 10.0 Å². The van der Waals surface area contributed by atoms with E-state index in [1.165, 1.54) is 17.4 Å². The summed E-state index contributed by atoms with van der Waals surface area (Å²) in [4.78, 5) is 0. The van der Waals surface area contributed by atoms with Gasteiger partial charge < -0.3 is 0 Å². The summed E-state index contributed by atoms with van der Waals surface area (Å²) in [7, 11) is -3.40. The Morgan fingerprint density at radius 2 is 2.11 bits per heavy atom. The van der Waals surface area contributed by atoms with Crippen molar-refractivity contribution in [1.29, 1.82) is 0 Å². The largest absolute Gasteiger partial charge is 0.252 e. The van der Waals surface area contributed by atoms with Crippen molar-refractivity contribution in [2.75, 3.05) is 6.54 Å².